The highest BCUT2D eigenvalue weighted by atomic mass is 16.5. The van der Waals surface area contributed by atoms with E-state index in [1.54, 1.807) is 14.2 Å². The van der Waals surface area contributed by atoms with Gasteiger partial charge in [-0.3, -0.25) is 4.79 Å². The summed E-state index contributed by atoms with van der Waals surface area (Å²) in [5, 5.41) is 0. The number of quaternary nitrogens is 1. The van der Waals surface area contributed by atoms with Gasteiger partial charge in [0.15, 0.2) is 11.5 Å². The van der Waals surface area contributed by atoms with Crippen LogP contribution < -0.4 is 14.4 Å². The van der Waals surface area contributed by atoms with Crippen molar-refractivity contribution < 1.29 is 19.2 Å². The van der Waals surface area contributed by atoms with E-state index in [1.165, 1.54) is 16.0 Å². The number of nitrogens with zero attached hydrogens (tertiary/aromatic N) is 1. The lowest BCUT2D eigenvalue weighted by molar-refractivity contribution is -0.919. The summed E-state index contributed by atoms with van der Waals surface area (Å²) in [5.74, 6) is 1.94. The van der Waals surface area contributed by atoms with Crippen LogP contribution in [0.1, 0.15) is 24.0 Å². The molecule has 150 valence electrons. The summed E-state index contributed by atoms with van der Waals surface area (Å²) in [5.41, 5.74) is 2.41. The fourth-order valence-corrected chi connectivity index (χ4v) is 3.98. The first-order valence-electron chi connectivity index (χ1n) is 9.94. The lowest BCUT2D eigenvalue weighted by atomic mass is 9.95. The van der Waals surface area contributed by atoms with Crippen LogP contribution >= 0.6 is 0 Å². The first-order chi connectivity index (χ1) is 13.6. The third-order valence-electron chi connectivity index (χ3n) is 5.58. The third-order valence-corrected chi connectivity index (χ3v) is 5.58. The van der Waals surface area contributed by atoms with Crippen molar-refractivity contribution in [2.75, 3.05) is 34.4 Å². The molecule has 0 unspecified atom stereocenters. The van der Waals surface area contributed by atoms with Crippen LogP contribution in [0, 0.1) is 5.92 Å². The molecule has 0 bridgehead atoms. The van der Waals surface area contributed by atoms with Crippen LogP contribution in [0.3, 0.4) is 0 Å². The first kappa shape index (κ1) is 20.2. The van der Waals surface area contributed by atoms with Crippen molar-refractivity contribution in [1.82, 2.24) is 4.90 Å². The molecule has 2 aromatic rings. The minimum Gasteiger partial charge on any atom is -0.493 e. The monoisotopic (exact) mass is 383 g/mol. The average Bonchev–Trinajstić information content (AvgIpc) is 2.74. The second kappa shape index (κ2) is 9.60. The molecule has 5 heteroatoms. The zero-order valence-electron chi connectivity index (χ0n) is 17.1. The number of carbonyl (C=O) groups excluding carboxylic acids is 1. The number of hydrogen-bond acceptors (Lipinski definition) is 3. The molecule has 1 fully saturated rings. The van der Waals surface area contributed by atoms with E-state index in [4.69, 9.17) is 9.47 Å². The van der Waals surface area contributed by atoms with Crippen molar-refractivity contribution >= 4 is 5.91 Å². The molecule has 2 aromatic carbocycles. The Labute approximate surface area is 167 Å². The van der Waals surface area contributed by atoms with Gasteiger partial charge in [0.1, 0.15) is 6.54 Å². The van der Waals surface area contributed by atoms with Gasteiger partial charge in [0.2, 0.25) is 5.91 Å². The first-order valence-corrected chi connectivity index (χ1v) is 9.94. The molecule has 0 aliphatic carbocycles. The number of hydrogen-bond donors (Lipinski definition) is 1. The molecule has 5 nitrogen and oxygen atoms in total. The Bertz CT molecular complexity index is 771. The van der Waals surface area contributed by atoms with Crippen molar-refractivity contribution in [3.63, 3.8) is 0 Å². The predicted octanol–water partition coefficient (Wildman–Crippen LogP) is 2.16. The molecule has 1 amide bonds. The Morgan fingerprint density at radius 2 is 1.68 bits per heavy atom. The largest absolute Gasteiger partial charge is 0.493 e. The van der Waals surface area contributed by atoms with Crippen LogP contribution in [0.5, 0.6) is 11.5 Å². The molecule has 28 heavy (non-hydrogen) atoms. The number of amides is 1. The lowest BCUT2D eigenvalue weighted by Gasteiger charge is -2.31. The molecule has 0 spiro atoms. The summed E-state index contributed by atoms with van der Waals surface area (Å²) < 4.78 is 10.7. The number of piperidine rings is 1. The molecule has 0 saturated carbocycles. The van der Waals surface area contributed by atoms with Crippen molar-refractivity contribution in [3.8, 4) is 11.5 Å². The van der Waals surface area contributed by atoms with Crippen LogP contribution in [0.2, 0.25) is 0 Å². The minimum atomic E-state index is 0.142. The molecule has 1 saturated heterocycles. The molecule has 0 atom stereocenters. The van der Waals surface area contributed by atoms with Crippen LogP contribution in [0.15, 0.2) is 48.5 Å². The van der Waals surface area contributed by atoms with E-state index in [0.29, 0.717) is 6.54 Å². The van der Waals surface area contributed by atoms with Crippen molar-refractivity contribution in [3.05, 3.63) is 59.7 Å². The molecule has 0 aromatic heterocycles. The fourth-order valence-electron chi connectivity index (χ4n) is 3.98. The van der Waals surface area contributed by atoms with Crippen LogP contribution in [-0.4, -0.2) is 45.2 Å². The maximum atomic E-state index is 12.8. The normalized spacial score (nSPS) is 19.1. The van der Waals surface area contributed by atoms with Crippen LogP contribution in [0.4, 0.5) is 0 Å². The molecule has 1 heterocycles. The number of benzene rings is 2. The van der Waals surface area contributed by atoms with E-state index < -0.39 is 0 Å². The Kier molecular flexibility index (Phi) is 6.93. The Hall–Kier alpha value is -2.53. The van der Waals surface area contributed by atoms with Gasteiger partial charge in [-0.15, -0.1) is 0 Å². The highest BCUT2D eigenvalue weighted by molar-refractivity contribution is 5.78. The van der Waals surface area contributed by atoms with Crippen LogP contribution in [0.25, 0.3) is 0 Å². The van der Waals surface area contributed by atoms with Gasteiger partial charge in [-0.05, 0) is 23.8 Å². The van der Waals surface area contributed by atoms with Crippen molar-refractivity contribution in [1.29, 1.82) is 0 Å². The van der Waals surface area contributed by atoms with Gasteiger partial charge < -0.3 is 19.3 Å². The average molecular weight is 384 g/mol. The summed E-state index contributed by atoms with van der Waals surface area (Å²) in [6.07, 6.45) is 1.89. The summed E-state index contributed by atoms with van der Waals surface area (Å²) in [7, 11) is 5.23. The number of likely N-dealkylation sites (tertiary alicyclic amines) is 1. The van der Waals surface area contributed by atoms with Gasteiger partial charge in [-0.25, -0.2) is 0 Å². The second-order valence-corrected chi connectivity index (χ2v) is 7.57. The van der Waals surface area contributed by atoms with E-state index >= 15 is 0 Å². The quantitative estimate of drug-likeness (QED) is 0.797. The SMILES string of the molecule is COc1ccc(C[NH+]2CCC(C(=O)N(C)Cc3ccccc3)CC2)cc1OC. The van der Waals surface area contributed by atoms with Gasteiger partial charge in [-0.1, -0.05) is 30.3 Å². The lowest BCUT2D eigenvalue weighted by Crippen LogP contribution is -3.11. The number of ether oxygens (including phenoxy) is 2. The highest BCUT2D eigenvalue weighted by Crippen LogP contribution is 2.27. The molecule has 1 N–H and O–H groups in total. The van der Waals surface area contributed by atoms with Crippen molar-refractivity contribution in [2.45, 2.75) is 25.9 Å². The summed E-state index contributed by atoms with van der Waals surface area (Å²) >= 11 is 0. The Morgan fingerprint density at radius 1 is 1.00 bits per heavy atom. The second-order valence-electron chi connectivity index (χ2n) is 7.57. The van der Waals surface area contributed by atoms with Gasteiger partial charge in [0.25, 0.3) is 0 Å². The summed E-state index contributed by atoms with van der Waals surface area (Å²) in [6, 6.07) is 16.3. The number of nitrogens with one attached hydrogen (secondary N) is 1. The van der Waals surface area contributed by atoms with Gasteiger partial charge in [-0.2, -0.15) is 0 Å². The van der Waals surface area contributed by atoms with Crippen molar-refractivity contribution in [2.24, 2.45) is 5.92 Å². The number of methoxy groups -OCH3 is 2. The summed E-state index contributed by atoms with van der Waals surface area (Å²) in [6.45, 7) is 3.66. The molecular weight excluding hydrogens is 352 g/mol. The van der Waals surface area contributed by atoms with Gasteiger partial charge >= 0.3 is 0 Å². The van der Waals surface area contributed by atoms with E-state index in [-0.39, 0.29) is 11.8 Å². The third kappa shape index (κ3) is 5.04. The van der Waals surface area contributed by atoms with E-state index in [1.807, 2.05) is 36.2 Å². The molecule has 1 aliphatic heterocycles. The Morgan fingerprint density at radius 3 is 2.32 bits per heavy atom. The van der Waals surface area contributed by atoms with E-state index in [2.05, 4.69) is 24.3 Å². The predicted molar refractivity (Wildman–Crippen MR) is 110 cm³/mol. The minimum absolute atomic E-state index is 0.142. The molecule has 1 aliphatic rings. The van der Waals surface area contributed by atoms with Gasteiger partial charge in [0, 0.05) is 37.9 Å². The maximum absolute atomic E-state index is 12.8. The smallest absolute Gasteiger partial charge is 0.226 e. The highest BCUT2D eigenvalue weighted by Gasteiger charge is 2.29. The summed E-state index contributed by atoms with van der Waals surface area (Å²) in [4.78, 5) is 16.2. The number of carbonyl (C=O) groups is 1. The zero-order chi connectivity index (χ0) is 19.9. The fraction of sp³-hybridized carbons (Fsp3) is 0.435. The molecule has 0 radical (unpaired) electrons. The maximum Gasteiger partial charge on any atom is 0.226 e. The van der Waals surface area contributed by atoms with E-state index in [0.717, 1.165) is 44.0 Å². The molecular formula is C23H31N2O3+. The van der Waals surface area contributed by atoms with Crippen LogP contribution in [-0.2, 0) is 17.9 Å². The standard InChI is InChI=1S/C23H30N2O3/c1-24(16-18-7-5-4-6-8-18)23(26)20-11-13-25(14-12-20)17-19-9-10-21(27-2)22(15-19)28-3/h4-10,15,20H,11-14,16-17H2,1-3H3/p+1. The Balaban J connectivity index is 1.50. The van der Waals surface area contributed by atoms with Gasteiger partial charge in [0.05, 0.1) is 27.3 Å². The number of rotatable bonds is 7. The topological polar surface area (TPSA) is 43.2 Å². The molecule has 3 rings (SSSR count). The van der Waals surface area contributed by atoms with E-state index in [9.17, 15) is 4.79 Å². The zero-order valence-corrected chi connectivity index (χ0v) is 17.1.